The van der Waals surface area contributed by atoms with Crippen molar-refractivity contribution in [1.82, 2.24) is 4.98 Å². The zero-order valence-corrected chi connectivity index (χ0v) is 12.2. The van der Waals surface area contributed by atoms with Gasteiger partial charge in [-0.2, -0.15) is 13.2 Å². The number of carbonyl (C=O) groups excluding carboxylic acids is 1. The van der Waals surface area contributed by atoms with Crippen LogP contribution in [-0.4, -0.2) is 24.5 Å². The number of halogens is 3. The molecule has 0 radical (unpaired) electrons. The van der Waals surface area contributed by atoms with Crippen LogP contribution in [-0.2, 0) is 12.6 Å². The molecule has 0 N–H and O–H groups in total. The van der Waals surface area contributed by atoms with E-state index < -0.39 is 23.3 Å². The molecule has 0 saturated heterocycles. The summed E-state index contributed by atoms with van der Waals surface area (Å²) in [6, 6.07) is 7.56. The largest absolute Gasteiger partial charge is 0.493 e. The van der Waals surface area contributed by atoms with Crippen molar-refractivity contribution in [2.75, 3.05) is 18.6 Å². The van der Waals surface area contributed by atoms with Crippen LogP contribution in [0.15, 0.2) is 36.5 Å². The number of pyridine rings is 1. The van der Waals surface area contributed by atoms with E-state index in [-0.39, 0.29) is 0 Å². The van der Waals surface area contributed by atoms with Gasteiger partial charge in [-0.3, -0.25) is 9.78 Å². The number of hydrogen-bond acceptors (Lipinski definition) is 3. The van der Waals surface area contributed by atoms with Gasteiger partial charge in [-0.05, 0) is 35.9 Å². The Bertz CT molecular complexity index is 759. The highest BCUT2D eigenvalue weighted by molar-refractivity contribution is 6.06. The Morgan fingerprint density at radius 3 is 2.83 bits per heavy atom. The van der Waals surface area contributed by atoms with E-state index in [4.69, 9.17) is 4.74 Å². The molecule has 1 aliphatic heterocycles. The zero-order valence-electron chi connectivity index (χ0n) is 12.2. The fourth-order valence-electron chi connectivity index (χ4n) is 2.48. The maximum Gasteiger partial charge on any atom is 0.434 e. The van der Waals surface area contributed by atoms with E-state index in [0.717, 1.165) is 23.6 Å². The minimum Gasteiger partial charge on any atom is -0.493 e. The highest BCUT2D eigenvalue weighted by Crippen LogP contribution is 2.32. The quantitative estimate of drug-likeness (QED) is 0.852. The van der Waals surface area contributed by atoms with Crippen LogP contribution in [0, 0.1) is 0 Å². The Kier molecular flexibility index (Phi) is 3.71. The van der Waals surface area contributed by atoms with Gasteiger partial charge in [0.15, 0.2) is 5.69 Å². The Labute approximate surface area is 130 Å². The molecule has 2 heterocycles. The smallest absolute Gasteiger partial charge is 0.434 e. The molecule has 0 atom stereocenters. The Morgan fingerprint density at radius 1 is 1.30 bits per heavy atom. The lowest BCUT2D eigenvalue weighted by Gasteiger charge is -2.20. The van der Waals surface area contributed by atoms with Crippen LogP contribution in [0.1, 0.15) is 21.6 Å². The summed E-state index contributed by atoms with van der Waals surface area (Å²) in [6.07, 6.45) is -2.95. The van der Waals surface area contributed by atoms with Gasteiger partial charge in [-0.1, -0.05) is 0 Å². The van der Waals surface area contributed by atoms with Gasteiger partial charge >= 0.3 is 6.18 Å². The lowest BCUT2D eigenvalue weighted by Crippen LogP contribution is -2.29. The SMILES string of the molecule is CN(C(=O)c1cccnc1C(F)(F)F)c1ccc2c(c1)CCO2. The first kappa shape index (κ1) is 15.3. The van der Waals surface area contributed by atoms with E-state index in [9.17, 15) is 18.0 Å². The predicted octanol–water partition coefficient (Wildman–Crippen LogP) is 3.31. The molecule has 0 spiro atoms. The molecule has 4 nitrogen and oxygen atoms in total. The van der Waals surface area contributed by atoms with Crippen molar-refractivity contribution in [2.24, 2.45) is 0 Å². The number of carbonyl (C=O) groups is 1. The molecule has 0 bridgehead atoms. The van der Waals surface area contributed by atoms with E-state index >= 15 is 0 Å². The van der Waals surface area contributed by atoms with Gasteiger partial charge in [0.2, 0.25) is 0 Å². The summed E-state index contributed by atoms with van der Waals surface area (Å²) in [6.45, 7) is 0.567. The molecule has 1 aromatic carbocycles. The minimum atomic E-state index is -4.68. The van der Waals surface area contributed by atoms with Crippen LogP contribution >= 0.6 is 0 Å². The fourth-order valence-corrected chi connectivity index (χ4v) is 2.48. The summed E-state index contributed by atoms with van der Waals surface area (Å²) in [5.74, 6) is -0.0174. The molecular weight excluding hydrogens is 309 g/mol. The molecule has 1 aliphatic rings. The maximum atomic E-state index is 13.0. The maximum absolute atomic E-state index is 13.0. The average Bonchev–Trinajstić information content (AvgIpc) is 3.00. The number of anilines is 1. The number of ether oxygens (including phenoxy) is 1. The molecule has 1 amide bonds. The summed E-state index contributed by atoms with van der Waals surface area (Å²) in [7, 11) is 1.44. The van der Waals surface area contributed by atoms with Gasteiger partial charge in [-0.15, -0.1) is 0 Å². The van der Waals surface area contributed by atoms with Gasteiger partial charge in [0.25, 0.3) is 5.91 Å². The first-order chi connectivity index (χ1) is 10.9. The van der Waals surface area contributed by atoms with Crippen LogP contribution in [0.2, 0.25) is 0 Å². The number of amides is 1. The third kappa shape index (κ3) is 2.86. The molecule has 2 aromatic rings. The van der Waals surface area contributed by atoms with Crippen molar-refractivity contribution in [1.29, 1.82) is 0 Å². The molecule has 0 saturated carbocycles. The number of rotatable bonds is 2. The molecule has 7 heteroatoms. The Morgan fingerprint density at radius 2 is 2.09 bits per heavy atom. The van der Waals surface area contributed by atoms with Gasteiger partial charge in [0, 0.05) is 25.4 Å². The molecule has 0 fully saturated rings. The van der Waals surface area contributed by atoms with E-state index in [2.05, 4.69) is 4.98 Å². The second-order valence-corrected chi connectivity index (χ2v) is 5.15. The lowest BCUT2D eigenvalue weighted by atomic mass is 10.1. The van der Waals surface area contributed by atoms with Crippen molar-refractivity contribution in [3.8, 4) is 5.75 Å². The second-order valence-electron chi connectivity index (χ2n) is 5.15. The van der Waals surface area contributed by atoms with Crippen molar-refractivity contribution >= 4 is 11.6 Å². The summed E-state index contributed by atoms with van der Waals surface area (Å²) in [4.78, 5) is 17.0. The average molecular weight is 322 g/mol. The zero-order chi connectivity index (χ0) is 16.6. The number of nitrogens with zero attached hydrogens (tertiary/aromatic N) is 2. The first-order valence-corrected chi connectivity index (χ1v) is 6.94. The summed E-state index contributed by atoms with van der Waals surface area (Å²) < 4.78 is 44.4. The van der Waals surface area contributed by atoms with Crippen molar-refractivity contribution < 1.29 is 22.7 Å². The Balaban J connectivity index is 1.95. The van der Waals surface area contributed by atoms with Crippen molar-refractivity contribution in [3.05, 3.63) is 53.3 Å². The van der Waals surface area contributed by atoms with Gasteiger partial charge < -0.3 is 9.64 Å². The number of aromatic nitrogens is 1. The summed E-state index contributed by atoms with van der Waals surface area (Å²) >= 11 is 0. The second kappa shape index (κ2) is 5.57. The number of benzene rings is 1. The topological polar surface area (TPSA) is 42.4 Å². The normalized spacial score (nSPS) is 13.4. The lowest BCUT2D eigenvalue weighted by molar-refractivity contribution is -0.141. The van der Waals surface area contributed by atoms with E-state index in [1.54, 1.807) is 18.2 Å². The number of fused-ring (bicyclic) bond motifs is 1. The van der Waals surface area contributed by atoms with Crippen LogP contribution in [0.5, 0.6) is 5.75 Å². The van der Waals surface area contributed by atoms with E-state index in [1.807, 2.05) is 0 Å². The standard InChI is InChI=1S/C16H13F3N2O2/c1-21(11-4-5-13-10(9-11)6-8-23-13)15(22)12-3-2-7-20-14(12)16(17,18)19/h2-5,7,9H,6,8H2,1H3. The van der Waals surface area contributed by atoms with Gasteiger partial charge in [0.1, 0.15) is 5.75 Å². The number of alkyl halides is 3. The Hall–Kier alpha value is -2.57. The van der Waals surface area contributed by atoms with Crippen molar-refractivity contribution in [2.45, 2.75) is 12.6 Å². The molecule has 23 heavy (non-hydrogen) atoms. The van der Waals surface area contributed by atoms with Crippen LogP contribution < -0.4 is 9.64 Å². The highest BCUT2D eigenvalue weighted by Gasteiger charge is 2.37. The van der Waals surface area contributed by atoms with Gasteiger partial charge in [0.05, 0.1) is 12.2 Å². The molecule has 0 aliphatic carbocycles. The van der Waals surface area contributed by atoms with Crippen LogP contribution in [0.25, 0.3) is 0 Å². The molecule has 120 valence electrons. The predicted molar refractivity (Wildman–Crippen MR) is 77.6 cm³/mol. The van der Waals surface area contributed by atoms with E-state index in [1.165, 1.54) is 18.0 Å². The fraction of sp³-hybridized carbons (Fsp3) is 0.250. The molecular formula is C16H13F3N2O2. The van der Waals surface area contributed by atoms with Crippen LogP contribution in [0.4, 0.5) is 18.9 Å². The van der Waals surface area contributed by atoms with Crippen molar-refractivity contribution in [3.63, 3.8) is 0 Å². The third-order valence-corrected chi connectivity index (χ3v) is 3.67. The molecule has 0 unspecified atom stereocenters. The monoisotopic (exact) mass is 322 g/mol. The third-order valence-electron chi connectivity index (χ3n) is 3.67. The molecule has 3 rings (SSSR count). The minimum absolute atomic E-state index is 0.473. The van der Waals surface area contributed by atoms with Gasteiger partial charge in [-0.25, -0.2) is 0 Å². The first-order valence-electron chi connectivity index (χ1n) is 6.94. The highest BCUT2D eigenvalue weighted by atomic mass is 19.4. The summed E-state index contributed by atoms with van der Waals surface area (Å²) in [5, 5.41) is 0. The number of hydrogen-bond donors (Lipinski definition) is 0. The summed E-state index contributed by atoms with van der Waals surface area (Å²) in [5.41, 5.74) is -0.207. The van der Waals surface area contributed by atoms with Crippen LogP contribution in [0.3, 0.4) is 0 Å². The molecule has 1 aromatic heterocycles. The van der Waals surface area contributed by atoms with E-state index in [0.29, 0.717) is 18.7 Å².